The Balaban J connectivity index is 2.94. The lowest BCUT2D eigenvalue weighted by Gasteiger charge is -2.19. The minimum atomic E-state index is -0.548. The second kappa shape index (κ2) is 6.36. The first-order chi connectivity index (χ1) is 8.10. The molecule has 5 heteroatoms. The Morgan fingerprint density at radius 1 is 1.59 bits per heavy atom. The molecule has 1 rings (SSSR count). The Hall–Kier alpha value is -1.41. The lowest BCUT2D eigenvalue weighted by atomic mass is 10.2. The van der Waals surface area contributed by atoms with Crippen molar-refractivity contribution >= 4 is 21.8 Å². The van der Waals surface area contributed by atoms with Gasteiger partial charge in [-0.15, -0.1) is 0 Å². The highest BCUT2D eigenvalue weighted by Gasteiger charge is 2.17. The van der Waals surface area contributed by atoms with Gasteiger partial charge in [-0.25, -0.2) is 4.39 Å². The van der Waals surface area contributed by atoms with E-state index in [1.807, 2.05) is 6.07 Å². The zero-order valence-corrected chi connectivity index (χ0v) is 11.0. The van der Waals surface area contributed by atoms with Gasteiger partial charge in [0, 0.05) is 17.6 Å². The lowest BCUT2D eigenvalue weighted by molar-refractivity contribution is 0.0763. The van der Waals surface area contributed by atoms with Crippen LogP contribution in [0.2, 0.25) is 0 Å². The van der Waals surface area contributed by atoms with Gasteiger partial charge in [-0.1, -0.05) is 15.9 Å². The fourth-order valence-corrected chi connectivity index (χ4v) is 1.78. The quantitative estimate of drug-likeness (QED) is 0.858. The molecule has 0 N–H and O–H groups in total. The molecule has 1 amide bonds. The van der Waals surface area contributed by atoms with Gasteiger partial charge in [-0.05, 0) is 25.1 Å². The summed E-state index contributed by atoms with van der Waals surface area (Å²) in [6.45, 7) is 2.56. The number of hydrogen-bond acceptors (Lipinski definition) is 2. The summed E-state index contributed by atoms with van der Waals surface area (Å²) in [6, 6.07) is 6.20. The molecule has 0 aliphatic rings. The zero-order valence-electron chi connectivity index (χ0n) is 9.41. The predicted octanol–water partition coefficient (Wildman–Crippen LogP) is 2.96. The first-order valence-electron chi connectivity index (χ1n) is 5.21. The second-order valence-electron chi connectivity index (χ2n) is 3.42. The van der Waals surface area contributed by atoms with Gasteiger partial charge in [-0.2, -0.15) is 5.26 Å². The van der Waals surface area contributed by atoms with Crippen LogP contribution in [-0.2, 0) is 0 Å². The molecule has 0 unspecified atom stereocenters. The van der Waals surface area contributed by atoms with Crippen molar-refractivity contribution in [2.45, 2.75) is 13.3 Å². The fraction of sp³-hybridized carbons (Fsp3) is 0.333. The topological polar surface area (TPSA) is 44.1 Å². The van der Waals surface area contributed by atoms with Gasteiger partial charge in [0.1, 0.15) is 5.82 Å². The third-order valence-corrected chi connectivity index (χ3v) is 2.81. The maximum Gasteiger partial charge on any atom is 0.256 e. The second-order valence-corrected chi connectivity index (χ2v) is 4.33. The Labute approximate surface area is 108 Å². The van der Waals surface area contributed by atoms with Gasteiger partial charge in [0.05, 0.1) is 18.1 Å². The summed E-state index contributed by atoms with van der Waals surface area (Å²) in [4.78, 5) is 13.5. The van der Waals surface area contributed by atoms with Crippen LogP contribution >= 0.6 is 15.9 Å². The van der Waals surface area contributed by atoms with E-state index in [1.54, 1.807) is 6.92 Å². The summed E-state index contributed by atoms with van der Waals surface area (Å²) >= 11 is 3.20. The van der Waals surface area contributed by atoms with Crippen LogP contribution in [0.3, 0.4) is 0 Å². The number of nitriles is 1. The number of halogens is 2. The van der Waals surface area contributed by atoms with Crippen LogP contribution < -0.4 is 0 Å². The van der Waals surface area contributed by atoms with Crippen LogP contribution in [0, 0.1) is 17.1 Å². The molecule has 3 nitrogen and oxygen atoms in total. The Morgan fingerprint density at radius 3 is 2.88 bits per heavy atom. The van der Waals surface area contributed by atoms with Crippen molar-refractivity contribution in [3.63, 3.8) is 0 Å². The van der Waals surface area contributed by atoms with E-state index in [4.69, 9.17) is 5.26 Å². The Kier molecular flexibility index (Phi) is 5.11. The molecular formula is C12H12BrFN2O. The molecule has 1 aromatic carbocycles. The maximum atomic E-state index is 13.5. The molecule has 0 aromatic heterocycles. The normalized spacial score (nSPS) is 9.76. The highest BCUT2D eigenvalue weighted by molar-refractivity contribution is 9.10. The van der Waals surface area contributed by atoms with Crippen LogP contribution in [0.5, 0.6) is 0 Å². The highest BCUT2D eigenvalue weighted by Crippen LogP contribution is 2.17. The van der Waals surface area contributed by atoms with Crippen LogP contribution in [0.1, 0.15) is 23.7 Å². The van der Waals surface area contributed by atoms with Crippen LogP contribution in [0.4, 0.5) is 4.39 Å². The molecule has 0 saturated carbocycles. The van der Waals surface area contributed by atoms with E-state index >= 15 is 0 Å². The summed E-state index contributed by atoms with van der Waals surface area (Å²) in [5, 5.41) is 8.49. The first-order valence-corrected chi connectivity index (χ1v) is 6.00. The number of nitrogens with zero attached hydrogens (tertiary/aromatic N) is 2. The predicted molar refractivity (Wildman–Crippen MR) is 65.9 cm³/mol. The number of hydrogen-bond donors (Lipinski definition) is 0. The van der Waals surface area contributed by atoms with E-state index in [9.17, 15) is 9.18 Å². The van der Waals surface area contributed by atoms with Crippen molar-refractivity contribution in [3.8, 4) is 6.07 Å². The first kappa shape index (κ1) is 13.7. The Bertz CT molecular complexity index is 456. The summed E-state index contributed by atoms with van der Waals surface area (Å²) in [5.74, 6) is -0.935. The average molecular weight is 299 g/mol. The van der Waals surface area contributed by atoms with Crippen LogP contribution in [-0.4, -0.2) is 23.9 Å². The third kappa shape index (κ3) is 3.53. The standard InChI is InChI=1S/C12H12BrFN2O/c1-2-16(7-3-6-15)12(17)10-8-9(13)4-5-11(10)14/h4-5,8H,2-3,7H2,1H3. The van der Waals surface area contributed by atoms with Gasteiger partial charge < -0.3 is 4.90 Å². The largest absolute Gasteiger partial charge is 0.338 e. The van der Waals surface area contributed by atoms with E-state index < -0.39 is 5.82 Å². The van der Waals surface area contributed by atoms with Gasteiger partial charge in [0.25, 0.3) is 5.91 Å². The maximum absolute atomic E-state index is 13.5. The average Bonchev–Trinajstić information content (AvgIpc) is 2.33. The van der Waals surface area contributed by atoms with Crippen molar-refractivity contribution in [3.05, 3.63) is 34.1 Å². The van der Waals surface area contributed by atoms with E-state index in [1.165, 1.54) is 23.1 Å². The SMILES string of the molecule is CCN(CCC#N)C(=O)c1cc(Br)ccc1F. The smallest absolute Gasteiger partial charge is 0.256 e. The molecule has 90 valence electrons. The minimum Gasteiger partial charge on any atom is -0.338 e. The van der Waals surface area contributed by atoms with Crippen molar-refractivity contribution in [2.75, 3.05) is 13.1 Å². The number of carbonyl (C=O) groups is 1. The molecule has 0 aliphatic carbocycles. The van der Waals surface area contributed by atoms with E-state index in [-0.39, 0.29) is 17.9 Å². The zero-order chi connectivity index (χ0) is 12.8. The van der Waals surface area contributed by atoms with Crippen molar-refractivity contribution < 1.29 is 9.18 Å². The third-order valence-electron chi connectivity index (χ3n) is 2.32. The number of rotatable bonds is 4. The molecule has 0 fully saturated rings. The van der Waals surface area contributed by atoms with E-state index in [0.717, 1.165) is 0 Å². The molecule has 17 heavy (non-hydrogen) atoms. The number of benzene rings is 1. The molecule has 0 atom stereocenters. The summed E-state index contributed by atoms with van der Waals surface area (Å²) in [5.41, 5.74) is 0.0270. The summed E-state index contributed by atoms with van der Waals surface area (Å²) in [6.07, 6.45) is 0.245. The van der Waals surface area contributed by atoms with Crippen molar-refractivity contribution in [1.82, 2.24) is 4.90 Å². The molecule has 0 heterocycles. The summed E-state index contributed by atoms with van der Waals surface area (Å²) in [7, 11) is 0. The molecule has 0 spiro atoms. The number of carbonyl (C=O) groups excluding carboxylic acids is 1. The molecule has 0 saturated heterocycles. The number of amides is 1. The monoisotopic (exact) mass is 298 g/mol. The van der Waals surface area contributed by atoms with Crippen LogP contribution in [0.15, 0.2) is 22.7 Å². The lowest BCUT2D eigenvalue weighted by Crippen LogP contribution is -2.32. The fourth-order valence-electron chi connectivity index (χ4n) is 1.42. The molecule has 0 aliphatic heterocycles. The van der Waals surface area contributed by atoms with Gasteiger partial charge in [-0.3, -0.25) is 4.79 Å². The van der Waals surface area contributed by atoms with Gasteiger partial charge in [0.15, 0.2) is 0 Å². The van der Waals surface area contributed by atoms with E-state index in [2.05, 4.69) is 15.9 Å². The highest BCUT2D eigenvalue weighted by atomic mass is 79.9. The molecule has 0 radical (unpaired) electrons. The van der Waals surface area contributed by atoms with Gasteiger partial charge >= 0.3 is 0 Å². The van der Waals surface area contributed by atoms with Gasteiger partial charge in [0.2, 0.25) is 0 Å². The van der Waals surface area contributed by atoms with Crippen molar-refractivity contribution in [2.24, 2.45) is 0 Å². The minimum absolute atomic E-state index is 0.0270. The Morgan fingerprint density at radius 2 is 2.29 bits per heavy atom. The van der Waals surface area contributed by atoms with Crippen molar-refractivity contribution in [1.29, 1.82) is 5.26 Å². The molecule has 1 aromatic rings. The molecule has 0 bridgehead atoms. The molecular weight excluding hydrogens is 287 g/mol. The van der Waals surface area contributed by atoms with E-state index in [0.29, 0.717) is 17.6 Å². The van der Waals surface area contributed by atoms with Crippen LogP contribution in [0.25, 0.3) is 0 Å². The summed E-state index contributed by atoms with van der Waals surface area (Å²) < 4.78 is 14.2.